The molecule has 4 rings (SSSR count). The molecule has 0 bridgehead atoms. The van der Waals surface area contributed by atoms with Crippen molar-refractivity contribution in [3.05, 3.63) is 59.8 Å². The molecule has 2 aromatic heterocycles. The second-order valence-electron chi connectivity index (χ2n) is 8.20. The smallest absolute Gasteiger partial charge is 0.289 e. The fourth-order valence-corrected chi connectivity index (χ4v) is 5.27. The number of tetrazole rings is 1. The highest BCUT2D eigenvalue weighted by Gasteiger charge is 2.31. The summed E-state index contributed by atoms with van der Waals surface area (Å²) in [6.45, 7) is 6.34. The van der Waals surface area contributed by atoms with E-state index in [9.17, 15) is 13.2 Å². The average molecular weight is 473 g/mol. The predicted molar refractivity (Wildman–Crippen MR) is 120 cm³/mol. The molecule has 1 aliphatic rings. The van der Waals surface area contributed by atoms with Crippen LogP contribution in [-0.4, -0.2) is 70.5 Å². The summed E-state index contributed by atoms with van der Waals surface area (Å²) in [5.74, 6) is 0.410. The Morgan fingerprint density at radius 3 is 2.48 bits per heavy atom. The number of carbonyl (C=O) groups excluding carboxylic acids is 1. The van der Waals surface area contributed by atoms with Crippen molar-refractivity contribution in [1.29, 1.82) is 0 Å². The quantitative estimate of drug-likeness (QED) is 0.491. The van der Waals surface area contributed by atoms with Crippen molar-refractivity contribution in [2.45, 2.75) is 43.5 Å². The first-order valence-corrected chi connectivity index (χ1v) is 12.7. The van der Waals surface area contributed by atoms with Crippen LogP contribution in [0.2, 0.25) is 0 Å². The maximum Gasteiger partial charge on any atom is 0.289 e. The summed E-state index contributed by atoms with van der Waals surface area (Å²) in [5.41, 5.74) is 0.991. The number of nitrogens with zero attached hydrogens (tertiary/aromatic N) is 6. The maximum atomic E-state index is 13.0. The number of aryl methyl sites for hydroxylation is 1. The fraction of sp³-hybridized carbons (Fsp3) is 0.455. The molecule has 33 heavy (non-hydrogen) atoms. The van der Waals surface area contributed by atoms with Gasteiger partial charge in [0.05, 0.1) is 17.2 Å². The van der Waals surface area contributed by atoms with Crippen LogP contribution in [0.3, 0.4) is 0 Å². The van der Waals surface area contributed by atoms with Crippen molar-refractivity contribution < 1.29 is 17.6 Å². The van der Waals surface area contributed by atoms with Crippen LogP contribution >= 0.6 is 0 Å². The van der Waals surface area contributed by atoms with Crippen molar-refractivity contribution in [2.24, 2.45) is 0 Å². The third kappa shape index (κ3) is 5.14. The number of piperazine rings is 1. The number of aromatic nitrogens is 4. The summed E-state index contributed by atoms with van der Waals surface area (Å²) in [7, 11) is -3.61. The summed E-state index contributed by atoms with van der Waals surface area (Å²) in [5, 5.41) is 12.0. The van der Waals surface area contributed by atoms with Crippen LogP contribution in [0, 0.1) is 6.92 Å². The molecule has 0 N–H and O–H groups in total. The number of rotatable bonds is 8. The van der Waals surface area contributed by atoms with Gasteiger partial charge in [-0.3, -0.25) is 9.69 Å². The lowest BCUT2D eigenvalue weighted by Crippen LogP contribution is -2.50. The molecule has 3 aromatic rings. The second-order valence-corrected chi connectivity index (χ2v) is 10.2. The minimum Gasteiger partial charge on any atom is -0.459 e. The van der Waals surface area contributed by atoms with Gasteiger partial charge in [0.2, 0.25) is 0 Å². The second kappa shape index (κ2) is 9.84. The van der Waals surface area contributed by atoms with Gasteiger partial charge in [0, 0.05) is 26.2 Å². The summed E-state index contributed by atoms with van der Waals surface area (Å²) >= 11 is 0. The minimum atomic E-state index is -3.61. The van der Waals surface area contributed by atoms with Crippen molar-refractivity contribution in [3.8, 4) is 0 Å². The third-order valence-corrected chi connectivity index (χ3v) is 7.44. The van der Waals surface area contributed by atoms with E-state index in [1.54, 1.807) is 41.3 Å². The Morgan fingerprint density at radius 2 is 1.85 bits per heavy atom. The topological polar surface area (TPSA) is 114 Å². The third-order valence-electron chi connectivity index (χ3n) is 5.87. The molecule has 1 atom stereocenters. The van der Waals surface area contributed by atoms with Gasteiger partial charge in [0.1, 0.15) is 0 Å². The first-order chi connectivity index (χ1) is 15.9. The van der Waals surface area contributed by atoms with E-state index >= 15 is 0 Å². The predicted octanol–water partition coefficient (Wildman–Crippen LogP) is 2.31. The first kappa shape index (κ1) is 23.1. The molecule has 1 fully saturated rings. The molecule has 1 saturated heterocycles. The van der Waals surface area contributed by atoms with Crippen molar-refractivity contribution in [3.63, 3.8) is 0 Å². The number of hydrogen-bond acceptors (Lipinski definition) is 8. The molecular formula is C22H28N6O4S. The molecule has 3 heterocycles. The van der Waals surface area contributed by atoms with Gasteiger partial charge >= 0.3 is 0 Å². The first-order valence-electron chi connectivity index (χ1n) is 11.0. The lowest BCUT2D eigenvalue weighted by Gasteiger charge is -2.38. The van der Waals surface area contributed by atoms with E-state index < -0.39 is 9.84 Å². The largest absolute Gasteiger partial charge is 0.459 e. The zero-order chi connectivity index (χ0) is 23.4. The molecule has 0 spiro atoms. The van der Waals surface area contributed by atoms with Gasteiger partial charge in [-0.2, -0.15) is 0 Å². The standard InChI is InChI=1S/C22H28N6O4S/c1-3-5-19(26-11-13-27(14-12-26)22(29)20-6-4-15-32-20)21-23-24-25-28(21)16-33(30,31)18-9-7-17(2)8-10-18/h4,6-10,15,19H,3,5,11-14,16H2,1-2H3. The van der Waals surface area contributed by atoms with Crippen molar-refractivity contribution in [2.75, 3.05) is 26.2 Å². The van der Waals surface area contributed by atoms with Crippen LogP contribution in [-0.2, 0) is 15.7 Å². The highest BCUT2D eigenvalue weighted by molar-refractivity contribution is 7.90. The van der Waals surface area contributed by atoms with Crippen LogP contribution in [0.1, 0.15) is 47.7 Å². The molecule has 1 aromatic carbocycles. The number of amides is 1. The van der Waals surface area contributed by atoms with Crippen LogP contribution in [0.15, 0.2) is 52.0 Å². The molecule has 11 heteroatoms. The zero-order valence-electron chi connectivity index (χ0n) is 18.8. The van der Waals surface area contributed by atoms with Crippen LogP contribution in [0.4, 0.5) is 0 Å². The summed E-state index contributed by atoms with van der Waals surface area (Å²) in [4.78, 5) is 16.8. The van der Waals surface area contributed by atoms with Crippen molar-refractivity contribution >= 4 is 15.7 Å². The van der Waals surface area contributed by atoms with Crippen LogP contribution in [0.5, 0.6) is 0 Å². The number of hydrogen-bond donors (Lipinski definition) is 0. The summed E-state index contributed by atoms with van der Waals surface area (Å²) in [6, 6.07) is 9.98. The van der Waals surface area contributed by atoms with Gasteiger partial charge in [-0.25, -0.2) is 13.1 Å². The minimum absolute atomic E-state index is 0.124. The summed E-state index contributed by atoms with van der Waals surface area (Å²) < 4.78 is 32.6. The molecular weight excluding hydrogens is 444 g/mol. The van der Waals surface area contributed by atoms with Gasteiger partial charge in [-0.15, -0.1) is 5.10 Å². The lowest BCUT2D eigenvalue weighted by molar-refractivity contribution is 0.0515. The molecule has 1 unspecified atom stereocenters. The average Bonchev–Trinajstić information content (AvgIpc) is 3.50. The molecule has 0 aliphatic carbocycles. The van der Waals surface area contributed by atoms with Gasteiger partial charge in [-0.05, 0) is 48.0 Å². The number of benzene rings is 1. The number of furan rings is 1. The highest BCUT2D eigenvalue weighted by Crippen LogP contribution is 2.26. The maximum absolute atomic E-state index is 13.0. The van der Waals surface area contributed by atoms with E-state index in [2.05, 4.69) is 27.3 Å². The van der Waals surface area contributed by atoms with Crippen molar-refractivity contribution in [1.82, 2.24) is 30.0 Å². The number of sulfone groups is 1. The zero-order valence-corrected chi connectivity index (χ0v) is 19.6. The fourth-order valence-electron chi connectivity index (χ4n) is 4.06. The van der Waals surface area contributed by atoms with E-state index in [1.807, 2.05) is 6.92 Å². The van der Waals surface area contributed by atoms with Crippen LogP contribution in [0.25, 0.3) is 0 Å². The Kier molecular flexibility index (Phi) is 6.89. The van der Waals surface area contributed by atoms with E-state index in [4.69, 9.17) is 4.42 Å². The van der Waals surface area contributed by atoms with E-state index in [-0.39, 0.29) is 22.7 Å². The van der Waals surface area contributed by atoms with Gasteiger partial charge < -0.3 is 9.32 Å². The Balaban J connectivity index is 1.49. The van der Waals surface area contributed by atoms with E-state index in [0.29, 0.717) is 37.8 Å². The molecule has 10 nitrogen and oxygen atoms in total. The molecule has 1 aliphatic heterocycles. The Labute approximate surface area is 193 Å². The van der Waals surface area contributed by atoms with Crippen LogP contribution < -0.4 is 0 Å². The van der Waals surface area contributed by atoms with E-state index in [1.165, 1.54) is 10.9 Å². The molecule has 176 valence electrons. The molecule has 0 radical (unpaired) electrons. The molecule has 0 saturated carbocycles. The number of carbonyl (C=O) groups is 1. The van der Waals surface area contributed by atoms with E-state index in [0.717, 1.165) is 18.4 Å². The Morgan fingerprint density at radius 1 is 1.12 bits per heavy atom. The molecule has 1 amide bonds. The normalized spacial score (nSPS) is 16.1. The monoisotopic (exact) mass is 472 g/mol. The lowest BCUT2D eigenvalue weighted by atomic mass is 10.1. The highest BCUT2D eigenvalue weighted by atomic mass is 32.2. The Hall–Kier alpha value is -3.05. The summed E-state index contributed by atoms with van der Waals surface area (Å²) in [6.07, 6.45) is 3.15. The SMILES string of the molecule is CCCC(c1nnnn1CS(=O)(=O)c1ccc(C)cc1)N1CCN(C(=O)c2ccco2)CC1. The van der Waals surface area contributed by atoms with Gasteiger partial charge in [0.15, 0.2) is 27.3 Å². The van der Waals surface area contributed by atoms with Gasteiger partial charge in [0.25, 0.3) is 5.91 Å². The van der Waals surface area contributed by atoms with Gasteiger partial charge in [-0.1, -0.05) is 31.0 Å². The Bertz CT molecular complexity index is 1170.